The first-order valence-electron chi connectivity index (χ1n) is 6.33. The summed E-state index contributed by atoms with van der Waals surface area (Å²) in [5, 5.41) is 0. The number of anilines is 1. The number of hydrogen-bond acceptors (Lipinski definition) is 2. The van der Waals surface area contributed by atoms with Crippen molar-refractivity contribution in [2.45, 2.75) is 30.4 Å². The van der Waals surface area contributed by atoms with Crippen molar-refractivity contribution < 1.29 is 4.39 Å². The van der Waals surface area contributed by atoms with E-state index in [-0.39, 0.29) is 11.5 Å². The molecule has 0 amide bonds. The Morgan fingerprint density at radius 2 is 1.79 bits per heavy atom. The molecule has 2 aromatic rings. The Hall–Kier alpha value is -1.48. The molecule has 3 heteroatoms. The Balaban J connectivity index is 2.04. The predicted octanol–water partition coefficient (Wildman–Crippen LogP) is 4.82. The summed E-state index contributed by atoms with van der Waals surface area (Å²) >= 11 is 1.62. The van der Waals surface area contributed by atoms with Crippen molar-refractivity contribution >= 4 is 17.4 Å². The Labute approximate surface area is 118 Å². The number of nitrogen functional groups attached to an aromatic ring is 1. The van der Waals surface area contributed by atoms with Gasteiger partial charge in [0.25, 0.3) is 0 Å². The van der Waals surface area contributed by atoms with Gasteiger partial charge in [-0.2, -0.15) is 0 Å². The van der Waals surface area contributed by atoms with Crippen LogP contribution < -0.4 is 5.73 Å². The van der Waals surface area contributed by atoms with E-state index in [0.29, 0.717) is 17.2 Å². The fourth-order valence-corrected chi connectivity index (χ4v) is 2.69. The minimum absolute atomic E-state index is 0.216. The van der Waals surface area contributed by atoms with E-state index in [1.54, 1.807) is 30.0 Å². The molecule has 19 heavy (non-hydrogen) atoms. The fourth-order valence-electron chi connectivity index (χ4n) is 1.82. The fraction of sp³-hybridized carbons (Fsp3) is 0.250. The first kappa shape index (κ1) is 13.9. The smallest absolute Gasteiger partial charge is 0.150 e. The highest BCUT2D eigenvalue weighted by atomic mass is 32.2. The molecule has 0 atom stereocenters. The second kappa shape index (κ2) is 6.11. The summed E-state index contributed by atoms with van der Waals surface area (Å²) in [6.07, 6.45) is 0. The number of halogens is 1. The van der Waals surface area contributed by atoms with Gasteiger partial charge in [0.1, 0.15) is 5.82 Å². The minimum atomic E-state index is -0.297. The number of thioether (sulfide) groups is 1. The van der Waals surface area contributed by atoms with Crippen molar-refractivity contribution in [1.29, 1.82) is 0 Å². The maximum absolute atomic E-state index is 13.7. The lowest BCUT2D eigenvalue weighted by atomic mass is 10.0. The van der Waals surface area contributed by atoms with Crippen LogP contribution >= 0.6 is 11.8 Å². The monoisotopic (exact) mass is 275 g/mol. The number of nitrogens with two attached hydrogens (primary N) is 1. The van der Waals surface area contributed by atoms with Crippen LogP contribution in [0.15, 0.2) is 47.4 Å². The van der Waals surface area contributed by atoms with Gasteiger partial charge in [-0.15, -0.1) is 11.8 Å². The van der Waals surface area contributed by atoms with Gasteiger partial charge in [0.2, 0.25) is 0 Å². The zero-order valence-electron chi connectivity index (χ0n) is 11.2. The lowest BCUT2D eigenvalue weighted by Gasteiger charge is -2.08. The van der Waals surface area contributed by atoms with Crippen molar-refractivity contribution in [2.24, 2.45) is 0 Å². The summed E-state index contributed by atoms with van der Waals surface area (Å²) in [5.74, 6) is 0.831. The van der Waals surface area contributed by atoms with Gasteiger partial charge in [-0.3, -0.25) is 0 Å². The summed E-state index contributed by atoms with van der Waals surface area (Å²) in [7, 11) is 0. The number of rotatable bonds is 4. The van der Waals surface area contributed by atoms with E-state index >= 15 is 0 Å². The highest BCUT2D eigenvalue weighted by molar-refractivity contribution is 7.98. The molecule has 0 aliphatic heterocycles. The first-order chi connectivity index (χ1) is 9.08. The molecule has 2 rings (SSSR count). The molecule has 0 aliphatic rings. The normalized spacial score (nSPS) is 10.9. The summed E-state index contributed by atoms with van der Waals surface area (Å²) in [4.78, 5) is 1.14. The van der Waals surface area contributed by atoms with E-state index in [1.165, 1.54) is 5.56 Å². The molecule has 0 aliphatic carbocycles. The van der Waals surface area contributed by atoms with E-state index in [4.69, 9.17) is 5.73 Å². The summed E-state index contributed by atoms with van der Waals surface area (Å²) in [5.41, 5.74) is 7.74. The topological polar surface area (TPSA) is 26.0 Å². The molecular weight excluding hydrogens is 257 g/mol. The van der Waals surface area contributed by atoms with E-state index < -0.39 is 0 Å². The third kappa shape index (κ3) is 3.51. The van der Waals surface area contributed by atoms with Crippen LogP contribution in [-0.2, 0) is 5.75 Å². The molecule has 0 heterocycles. The highest BCUT2D eigenvalue weighted by Crippen LogP contribution is 2.27. The quantitative estimate of drug-likeness (QED) is 0.639. The molecule has 0 radical (unpaired) electrons. The van der Waals surface area contributed by atoms with Crippen molar-refractivity contribution in [3.05, 3.63) is 59.4 Å². The summed E-state index contributed by atoms with van der Waals surface area (Å²) < 4.78 is 13.7. The number of hydrogen-bond donors (Lipinski definition) is 1. The molecule has 0 saturated heterocycles. The van der Waals surface area contributed by atoms with E-state index in [2.05, 4.69) is 38.1 Å². The van der Waals surface area contributed by atoms with Crippen LogP contribution in [0, 0.1) is 5.82 Å². The zero-order chi connectivity index (χ0) is 13.8. The van der Waals surface area contributed by atoms with Gasteiger partial charge in [0, 0.05) is 16.2 Å². The van der Waals surface area contributed by atoms with Gasteiger partial charge in [-0.25, -0.2) is 4.39 Å². The molecule has 2 N–H and O–H groups in total. The standard InChI is InChI=1S/C16H18FNS/c1-11(2)12-6-8-14(9-7-12)19-10-13-4-3-5-15(18)16(13)17/h3-9,11H,10,18H2,1-2H3. The van der Waals surface area contributed by atoms with Crippen molar-refractivity contribution in [3.8, 4) is 0 Å². The van der Waals surface area contributed by atoms with Gasteiger partial charge in [0.05, 0.1) is 5.69 Å². The highest BCUT2D eigenvalue weighted by Gasteiger charge is 2.06. The van der Waals surface area contributed by atoms with Crippen LogP contribution in [0.1, 0.15) is 30.9 Å². The van der Waals surface area contributed by atoms with E-state index in [1.807, 2.05) is 0 Å². The van der Waals surface area contributed by atoms with Gasteiger partial charge < -0.3 is 5.73 Å². The molecule has 0 spiro atoms. The molecule has 1 nitrogen and oxygen atoms in total. The number of benzene rings is 2. The Bertz CT molecular complexity index is 549. The predicted molar refractivity (Wildman–Crippen MR) is 80.9 cm³/mol. The second-order valence-corrected chi connectivity index (χ2v) is 5.88. The van der Waals surface area contributed by atoms with Crippen molar-refractivity contribution in [2.75, 3.05) is 5.73 Å². The molecule has 2 aromatic carbocycles. The van der Waals surface area contributed by atoms with Crippen LogP contribution in [0.4, 0.5) is 10.1 Å². The van der Waals surface area contributed by atoms with Crippen LogP contribution in [-0.4, -0.2) is 0 Å². The third-order valence-electron chi connectivity index (χ3n) is 3.05. The van der Waals surface area contributed by atoms with E-state index in [0.717, 1.165) is 4.90 Å². The van der Waals surface area contributed by atoms with Crippen molar-refractivity contribution in [3.63, 3.8) is 0 Å². The lowest BCUT2D eigenvalue weighted by molar-refractivity contribution is 0.622. The maximum atomic E-state index is 13.7. The van der Waals surface area contributed by atoms with Gasteiger partial charge in [-0.05, 0) is 29.7 Å². The second-order valence-electron chi connectivity index (χ2n) is 4.83. The maximum Gasteiger partial charge on any atom is 0.150 e. The molecule has 0 saturated carbocycles. The van der Waals surface area contributed by atoms with Gasteiger partial charge >= 0.3 is 0 Å². The Morgan fingerprint density at radius 1 is 1.11 bits per heavy atom. The Morgan fingerprint density at radius 3 is 2.42 bits per heavy atom. The van der Waals surface area contributed by atoms with Crippen molar-refractivity contribution in [1.82, 2.24) is 0 Å². The molecule has 0 bridgehead atoms. The summed E-state index contributed by atoms with van der Waals surface area (Å²) in [6.45, 7) is 4.34. The lowest BCUT2D eigenvalue weighted by Crippen LogP contribution is -1.95. The van der Waals surface area contributed by atoms with Crippen LogP contribution in [0.25, 0.3) is 0 Å². The molecule has 100 valence electrons. The van der Waals surface area contributed by atoms with Crippen LogP contribution in [0.2, 0.25) is 0 Å². The van der Waals surface area contributed by atoms with Crippen LogP contribution in [0.5, 0.6) is 0 Å². The SMILES string of the molecule is CC(C)c1ccc(SCc2cccc(N)c2F)cc1. The molecule has 0 unspecified atom stereocenters. The molecule has 0 fully saturated rings. The Kier molecular flexibility index (Phi) is 4.48. The molecule has 0 aromatic heterocycles. The average molecular weight is 275 g/mol. The zero-order valence-corrected chi connectivity index (χ0v) is 12.0. The summed E-state index contributed by atoms with van der Waals surface area (Å²) in [6, 6.07) is 13.6. The molecular formula is C16H18FNS. The largest absolute Gasteiger partial charge is 0.396 e. The van der Waals surface area contributed by atoms with Gasteiger partial charge in [0.15, 0.2) is 0 Å². The minimum Gasteiger partial charge on any atom is -0.396 e. The van der Waals surface area contributed by atoms with Gasteiger partial charge in [-0.1, -0.05) is 38.1 Å². The van der Waals surface area contributed by atoms with Crippen LogP contribution in [0.3, 0.4) is 0 Å². The van der Waals surface area contributed by atoms with E-state index in [9.17, 15) is 4.39 Å². The third-order valence-corrected chi connectivity index (χ3v) is 4.11. The first-order valence-corrected chi connectivity index (χ1v) is 7.32. The average Bonchev–Trinajstić information content (AvgIpc) is 2.41.